The smallest absolute Gasteiger partial charge is 0.217 e. The van der Waals surface area contributed by atoms with E-state index in [0.29, 0.717) is 6.42 Å². The highest BCUT2D eigenvalue weighted by Crippen LogP contribution is 2.04. The fourth-order valence-corrected chi connectivity index (χ4v) is 1.68. The Hall–Kier alpha value is -0.870. The van der Waals surface area contributed by atoms with Crippen molar-refractivity contribution in [3.8, 4) is 0 Å². The van der Waals surface area contributed by atoms with Gasteiger partial charge in [-0.15, -0.1) is 0 Å². The van der Waals surface area contributed by atoms with Gasteiger partial charge >= 0.3 is 0 Å². The van der Waals surface area contributed by atoms with Crippen LogP contribution < -0.4 is 11.1 Å². The number of thiophene rings is 1. The molecule has 3 N–H and O–H groups in total. The van der Waals surface area contributed by atoms with Crippen LogP contribution in [0.5, 0.6) is 0 Å². The largest absolute Gasteiger partial charge is 0.370 e. The Morgan fingerprint density at radius 2 is 2.46 bits per heavy atom. The van der Waals surface area contributed by atoms with Crippen LogP contribution in [0.3, 0.4) is 0 Å². The summed E-state index contributed by atoms with van der Waals surface area (Å²) in [7, 11) is 0. The second-order valence-corrected chi connectivity index (χ2v) is 3.66. The molecule has 0 atom stereocenters. The van der Waals surface area contributed by atoms with Crippen molar-refractivity contribution in [2.75, 3.05) is 6.54 Å². The summed E-state index contributed by atoms with van der Waals surface area (Å²) >= 11 is 1.69. The molecule has 0 spiro atoms. The van der Waals surface area contributed by atoms with Crippen molar-refractivity contribution in [3.63, 3.8) is 0 Å². The molecule has 0 radical (unpaired) electrons. The van der Waals surface area contributed by atoms with Gasteiger partial charge in [-0.05, 0) is 35.4 Å². The lowest BCUT2D eigenvalue weighted by atomic mass is 10.3. The topological polar surface area (TPSA) is 55.1 Å². The lowest BCUT2D eigenvalue weighted by molar-refractivity contribution is -0.118. The highest BCUT2D eigenvalue weighted by atomic mass is 32.1. The van der Waals surface area contributed by atoms with Crippen LogP contribution in [0.2, 0.25) is 0 Å². The fraction of sp³-hybridized carbons (Fsp3) is 0.444. The summed E-state index contributed by atoms with van der Waals surface area (Å²) in [5, 5.41) is 7.41. The fourth-order valence-electron chi connectivity index (χ4n) is 1.01. The zero-order valence-corrected chi connectivity index (χ0v) is 8.27. The lowest BCUT2D eigenvalue weighted by Crippen LogP contribution is -2.17. The highest BCUT2D eigenvalue weighted by molar-refractivity contribution is 7.07. The predicted molar refractivity (Wildman–Crippen MR) is 54.5 cm³/mol. The minimum Gasteiger partial charge on any atom is -0.370 e. The van der Waals surface area contributed by atoms with E-state index < -0.39 is 0 Å². The Morgan fingerprint density at radius 3 is 3.08 bits per heavy atom. The van der Waals surface area contributed by atoms with Gasteiger partial charge in [0.2, 0.25) is 5.91 Å². The van der Waals surface area contributed by atoms with Crippen LogP contribution in [0, 0.1) is 0 Å². The number of nitrogens with one attached hydrogen (secondary N) is 1. The quantitative estimate of drug-likeness (QED) is 0.673. The molecule has 0 bridgehead atoms. The van der Waals surface area contributed by atoms with Crippen molar-refractivity contribution in [2.24, 2.45) is 5.73 Å². The first-order chi connectivity index (χ1) is 6.29. The number of hydrogen-bond acceptors (Lipinski definition) is 3. The zero-order valence-electron chi connectivity index (χ0n) is 7.45. The third kappa shape index (κ3) is 4.65. The molecule has 0 aromatic carbocycles. The minimum atomic E-state index is -0.225. The number of primary amides is 1. The van der Waals surface area contributed by atoms with Crippen molar-refractivity contribution in [1.29, 1.82) is 0 Å². The van der Waals surface area contributed by atoms with Crippen molar-refractivity contribution in [3.05, 3.63) is 22.4 Å². The molecule has 0 saturated heterocycles. The zero-order chi connectivity index (χ0) is 9.52. The lowest BCUT2D eigenvalue weighted by Gasteiger charge is -2.00. The van der Waals surface area contributed by atoms with Gasteiger partial charge in [0.25, 0.3) is 0 Å². The molecule has 1 heterocycles. The first kappa shape index (κ1) is 10.2. The van der Waals surface area contributed by atoms with E-state index in [1.165, 1.54) is 5.56 Å². The second kappa shape index (κ2) is 5.72. The monoisotopic (exact) mass is 198 g/mol. The predicted octanol–water partition coefficient (Wildman–Crippen LogP) is 1.10. The molecule has 4 heteroatoms. The van der Waals surface area contributed by atoms with E-state index in [1.807, 2.05) is 0 Å². The molecule has 0 fully saturated rings. The Morgan fingerprint density at radius 1 is 1.62 bits per heavy atom. The van der Waals surface area contributed by atoms with E-state index in [9.17, 15) is 4.79 Å². The molecule has 0 aliphatic heterocycles. The van der Waals surface area contributed by atoms with Crippen LogP contribution in [0.4, 0.5) is 0 Å². The van der Waals surface area contributed by atoms with Gasteiger partial charge in [-0.25, -0.2) is 0 Å². The van der Waals surface area contributed by atoms with Crippen molar-refractivity contribution in [1.82, 2.24) is 5.32 Å². The highest BCUT2D eigenvalue weighted by Gasteiger charge is 1.94. The maximum Gasteiger partial charge on any atom is 0.217 e. The van der Waals surface area contributed by atoms with Crippen LogP contribution in [0.15, 0.2) is 16.8 Å². The molecule has 72 valence electrons. The standard InChI is InChI=1S/C9H14N2OS/c10-9(12)2-1-4-11-6-8-3-5-13-7-8/h3,5,7,11H,1-2,4,6H2,(H2,10,12). The molecule has 1 amide bonds. The van der Waals surface area contributed by atoms with Gasteiger partial charge in [0.05, 0.1) is 0 Å². The average Bonchev–Trinajstić information content (AvgIpc) is 2.55. The molecule has 1 aromatic rings. The van der Waals surface area contributed by atoms with Crippen molar-refractivity contribution >= 4 is 17.2 Å². The molecule has 1 aromatic heterocycles. The average molecular weight is 198 g/mol. The van der Waals surface area contributed by atoms with Crippen LogP contribution in [0.1, 0.15) is 18.4 Å². The summed E-state index contributed by atoms with van der Waals surface area (Å²) < 4.78 is 0. The van der Waals surface area contributed by atoms with Gasteiger partial charge in [-0.3, -0.25) is 4.79 Å². The molecular formula is C9H14N2OS. The van der Waals surface area contributed by atoms with Gasteiger partial charge in [-0.2, -0.15) is 11.3 Å². The number of nitrogens with two attached hydrogens (primary N) is 1. The number of carbonyl (C=O) groups is 1. The molecule has 3 nitrogen and oxygen atoms in total. The van der Waals surface area contributed by atoms with Gasteiger partial charge in [-0.1, -0.05) is 0 Å². The van der Waals surface area contributed by atoms with E-state index in [0.717, 1.165) is 19.5 Å². The summed E-state index contributed by atoms with van der Waals surface area (Å²) in [4.78, 5) is 10.4. The SMILES string of the molecule is NC(=O)CCCNCc1ccsc1. The van der Waals surface area contributed by atoms with E-state index >= 15 is 0 Å². The molecule has 0 aliphatic carbocycles. The number of amides is 1. The Bertz CT molecular complexity index is 246. The van der Waals surface area contributed by atoms with Gasteiger partial charge in [0.15, 0.2) is 0 Å². The van der Waals surface area contributed by atoms with Crippen LogP contribution in [0.25, 0.3) is 0 Å². The van der Waals surface area contributed by atoms with Crippen LogP contribution in [-0.2, 0) is 11.3 Å². The number of hydrogen-bond donors (Lipinski definition) is 2. The van der Waals surface area contributed by atoms with Crippen molar-refractivity contribution in [2.45, 2.75) is 19.4 Å². The summed E-state index contributed by atoms with van der Waals surface area (Å²) in [6.45, 7) is 1.72. The first-order valence-electron chi connectivity index (χ1n) is 4.29. The maximum atomic E-state index is 10.4. The summed E-state index contributed by atoms with van der Waals surface area (Å²) in [6, 6.07) is 2.09. The van der Waals surface area contributed by atoms with E-state index in [4.69, 9.17) is 5.73 Å². The summed E-state index contributed by atoms with van der Waals surface area (Å²) in [5.41, 5.74) is 6.30. The molecule has 0 unspecified atom stereocenters. The molecule has 0 aliphatic rings. The third-order valence-electron chi connectivity index (χ3n) is 1.69. The Balaban J connectivity index is 1.99. The van der Waals surface area contributed by atoms with Gasteiger partial charge < -0.3 is 11.1 Å². The number of carbonyl (C=O) groups excluding carboxylic acids is 1. The third-order valence-corrected chi connectivity index (χ3v) is 2.42. The number of rotatable bonds is 6. The first-order valence-corrected chi connectivity index (χ1v) is 5.23. The van der Waals surface area contributed by atoms with E-state index in [1.54, 1.807) is 11.3 Å². The van der Waals surface area contributed by atoms with Crippen LogP contribution >= 0.6 is 11.3 Å². The minimum absolute atomic E-state index is 0.225. The molecular weight excluding hydrogens is 184 g/mol. The normalized spacial score (nSPS) is 10.2. The maximum absolute atomic E-state index is 10.4. The molecule has 1 rings (SSSR count). The van der Waals surface area contributed by atoms with E-state index in [2.05, 4.69) is 22.1 Å². The Labute approximate surface area is 81.9 Å². The Kier molecular flexibility index (Phi) is 4.49. The van der Waals surface area contributed by atoms with E-state index in [-0.39, 0.29) is 5.91 Å². The second-order valence-electron chi connectivity index (χ2n) is 2.88. The van der Waals surface area contributed by atoms with Crippen molar-refractivity contribution < 1.29 is 4.79 Å². The molecule has 0 saturated carbocycles. The van der Waals surface area contributed by atoms with Gasteiger partial charge in [0, 0.05) is 13.0 Å². The molecule has 13 heavy (non-hydrogen) atoms. The van der Waals surface area contributed by atoms with Gasteiger partial charge in [0.1, 0.15) is 0 Å². The summed E-state index contributed by atoms with van der Waals surface area (Å²) in [5.74, 6) is -0.225. The summed E-state index contributed by atoms with van der Waals surface area (Å²) in [6.07, 6.45) is 1.29. The van der Waals surface area contributed by atoms with Crippen LogP contribution in [-0.4, -0.2) is 12.5 Å².